The normalized spacial score (nSPS) is 11.6. The highest BCUT2D eigenvalue weighted by Gasteiger charge is 2.16. The Balaban J connectivity index is 1.72. The fraction of sp³-hybridized carbons (Fsp3) is 0.182. The van der Waals surface area contributed by atoms with Crippen LogP contribution in [0.1, 0.15) is 23.9 Å². The standard InChI is InChI=1S/C22H19N3O5S/c1-13(26)30-20-16(28-2)9-15(10-17(20)29-3)11-18-21(27)25-22(31-18)23-19(24-25)12-14-7-5-4-6-8-14/h4-11H,12H2,1-3H3/b18-11+. The van der Waals surface area contributed by atoms with Gasteiger partial charge in [-0.05, 0) is 29.3 Å². The predicted molar refractivity (Wildman–Crippen MR) is 116 cm³/mol. The largest absolute Gasteiger partial charge is 0.493 e. The zero-order valence-electron chi connectivity index (χ0n) is 17.1. The maximum atomic E-state index is 12.8. The molecule has 0 fully saturated rings. The van der Waals surface area contributed by atoms with Gasteiger partial charge in [-0.2, -0.15) is 4.52 Å². The molecule has 158 valence electrons. The summed E-state index contributed by atoms with van der Waals surface area (Å²) in [6, 6.07) is 13.2. The van der Waals surface area contributed by atoms with E-state index in [0.29, 0.717) is 38.8 Å². The Morgan fingerprint density at radius 2 is 1.81 bits per heavy atom. The number of esters is 1. The third kappa shape index (κ3) is 4.26. The fourth-order valence-corrected chi connectivity index (χ4v) is 4.03. The maximum absolute atomic E-state index is 12.8. The van der Waals surface area contributed by atoms with Crippen LogP contribution in [0.15, 0.2) is 47.3 Å². The number of fused-ring (bicyclic) bond motifs is 1. The molecule has 2 aromatic heterocycles. The van der Waals surface area contributed by atoms with Crippen LogP contribution < -0.4 is 24.3 Å². The molecule has 0 N–H and O–H groups in total. The quantitative estimate of drug-likeness (QED) is 0.337. The van der Waals surface area contributed by atoms with E-state index < -0.39 is 5.97 Å². The van der Waals surface area contributed by atoms with Gasteiger partial charge in [0.05, 0.1) is 18.8 Å². The van der Waals surface area contributed by atoms with E-state index in [9.17, 15) is 9.59 Å². The molecule has 4 rings (SSSR count). The summed E-state index contributed by atoms with van der Waals surface area (Å²) in [5, 5.41) is 4.36. The number of carbonyl (C=O) groups excluding carboxylic acids is 1. The van der Waals surface area contributed by atoms with E-state index in [1.54, 1.807) is 18.2 Å². The number of hydrogen-bond donors (Lipinski definition) is 0. The molecule has 0 aliphatic heterocycles. The summed E-state index contributed by atoms with van der Waals surface area (Å²) < 4.78 is 17.6. The number of rotatable bonds is 6. The summed E-state index contributed by atoms with van der Waals surface area (Å²) in [6.07, 6.45) is 2.25. The third-order valence-electron chi connectivity index (χ3n) is 4.46. The number of carbonyl (C=O) groups is 1. The Bertz CT molecular complexity index is 1340. The Kier molecular flexibility index (Phi) is 5.68. The van der Waals surface area contributed by atoms with Crippen LogP contribution in [0.4, 0.5) is 0 Å². The fourth-order valence-electron chi connectivity index (χ4n) is 3.11. The molecule has 2 aromatic carbocycles. The second-order valence-corrected chi connectivity index (χ2v) is 7.66. The first-order valence-corrected chi connectivity index (χ1v) is 10.2. The van der Waals surface area contributed by atoms with Gasteiger partial charge in [-0.3, -0.25) is 9.59 Å². The van der Waals surface area contributed by atoms with Crippen molar-refractivity contribution in [1.29, 1.82) is 0 Å². The number of hydrogen-bond acceptors (Lipinski definition) is 8. The number of aromatic nitrogens is 3. The lowest BCUT2D eigenvalue weighted by molar-refractivity contribution is -0.132. The van der Waals surface area contributed by atoms with Gasteiger partial charge in [-0.25, -0.2) is 4.98 Å². The Morgan fingerprint density at radius 1 is 1.13 bits per heavy atom. The number of ether oxygens (including phenoxy) is 3. The van der Waals surface area contributed by atoms with Crippen LogP contribution in [0.25, 0.3) is 11.0 Å². The first-order chi connectivity index (χ1) is 15.0. The van der Waals surface area contributed by atoms with Gasteiger partial charge < -0.3 is 14.2 Å². The zero-order valence-corrected chi connectivity index (χ0v) is 17.9. The van der Waals surface area contributed by atoms with E-state index in [0.717, 1.165) is 5.56 Å². The van der Waals surface area contributed by atoms with Crippen molar-refractivity contribution >= 4 is 28.3 Å². The van der Waals surface area contributed by atoms with Crippen molar-refractivity contribution in [2.45, 2.75) is 13.3 Å². The number of methoxy groups -OCH3 is 2. The average molecular weight is 437 g/mol. The van der Waals surface area contributed by atoms with Crippen LogP contribution in [0.3, 0.4) is 0 Å². The molecule has 0 saturated heterocycles. The molecule has 0 atom stereocenters. The molecular formula is C22H19N3O5S. The van der Waals surface area contributed by atoms with Gasteiger partial charge in [-0.1, -0.05) is 41.7 Å². The minimum Gasteiger partial charge on any atom is -0.493 e. The Morgan fingerprint density at radius 3 is 2.39 bits per heavy atom. The lowest BCUT2D eigenvalue weighted by Crippen LogP contribution is -2.23. The van der Waals surface area contributed by atoms with Crippen molar-refractivity contribution in [2.75, 3.05) is 14.2 Å². The molecule has 2 heterocycles. The molecule has 0 radical (unpaired) electrons. The van der Waals surface area contributed by atoms with Gasteiger partial charge in [0.25, 0.3) is 5.56 Å². The average Bonchev–Trinajstić information content (AvgIpc) is 3.27. The predicted octanol–water partition coefficient (Wildman–Crippen LogP) is 2.23. The van der Waals surface area contributed by atoms with Crippen LogP contribution in [-0.2, 0) is 11.2 Å². The van der Waals surface area contributed by atoms with Crippen molar-refractivity contribution in [3.8, 4) is 17.2 Å². The molecular weight excluding hydrogens is 418 g/mol. The minimum atomic E-state index is -0.493. The van der Waals surface area contributed by atoms with Crippen molar-refractivity contribution in [2.24, 2.45) is 0 Å². The van der Waals surface area contributed by atoms with Crippen LogP contribution in [-0.4, -0.2) is 34.8 Å². The van der Waals surface area contributed by atoms with Gasteiger partial charge >= 0.3 is 5.97 Å². The van der Waals surface area contributed by atoms with Crippen LogP contribution in [0.2, 0.25) is 0 Å². The first-order valence-electron chi connectivity index (χ1n) is 9.37. The third-order valence-corrected chi connectivity index (χ3v) is 5.42. The SMILES string of the molecule is COc1cc(/C=c2/sc3nc(Cc4ccccc4)nn3c2=O)cc(OC)c1OC(C)=O. The Labute approximate surface area is 181 Å². The molecule has 0 amide bonds. The number of nitrogens with zero attached hydrogens (tertiary/aromatic N) is 3. The number of thiazole rings is 1. The van der Waals surface area contributed by atoms with E-state index in [1.165, 1.54) is 37.0 Å². The van der Waals surface area contributed by atoms with E-state index in [1.807, 2.05) is 30.3 Å². The molecule has 0 aliphatic rings. The molecule has 4 aromatic rings. The summed E-state index contributed by atoms with van der Waals surface area (Å²) >= 11 is 1.25. The summed E-state index contributed by atoms with van der Waals surface area (Å²) in [4.78, 5) is 29.2. The van der Waals surface area contributed by atoms with Gasteiger partial charge in [0.1, 0.15) is 0 Å². The molecule has 8 nitrogen and oxygen atoms in total. The number of benzene rings is 2. The van der Waals surface area contributed by atoms with Crippen molar-refractivity contribution in [1.82, 2.24) is 14.6 Å². The summed E-state index contributed by atoms with van der Waals surface area (Å²) in [6.45, 7) is 1.29. The molecule has 0 unspecified atom stereocenters. The molecule has 0 saturated carbocycles. The molecule has 0 bridgehead atoms. The van der Waals surface area contributed by atoms with Crippen molar-refractivity contribution < 1.29 is 19.0 Å². The van der Waals surface area contributed by atoms with Crippen molar-refractivity contribution in [3.63, 3.8) is 0 Å². The summed E-state index contributed by atoms with van der Waals surface area (Å²) in [5.74, 6) is 0.920. The van der Waals surface area contributed by atoms with Gasteiger partial charge in [-0.15, -0.1) is 5.10 Å². The summed E-state index contributed by atoms with van der Waals surface area (Å²) in [5.41, 5.74) is 1.47. The lowest BCUT2D eigenvalue weighted by Gasteiger charge is -2.13. The van der Waals surface area contributed by atoms with Crippen LogP contribution >= 0.6 is 11.3 Å². The first kappa shape index (κ1) is 20.5. The van der Waals surface area contributed by atoms with Gasteiger partial charge in [0.15, 0.2) is 17.3 Å². The molecule has 0 aliphatic carbocycles. The zero-order chi connectivity index (χ0) is 22.0. The van der Waals surface area contributed by atoms with E-state index in [2.05, 4.69) is 10.1 Å². The second kappa shape index (κ2) is 8.57. The Hall–Kier alpha value is -3.72. The monoisotopic (exact) mass is 437 g/mol. The van der Waals surface area contributed by atoms with Gasteiger partial charge in [0.2, 0.25) is 10.7 Å². The highest BCUT2D eigenvalue weighted by Crippen LogP contribution is 2.38. The minimum absolute atomic E-state index is 0.185. The topological polar surface area (TPSA) is 92.0 Å². The maximum Gasteiger partial charge on any atom is 0.308 e. The summed E-state index contributed by atoms with van der Waals surface area (Å²) in [7, 11) is 2.92. The van der Waals surface area contributed by atoms with Crippen LogP contribution in [0.5, 0.6) is 17.2 Å². The second-order valence-electron chi connectivity index (χ2n) is 6.65. The van der Waals surface area contributed by atoms with E-state index in [4.69, 9.17) is 14.2 Å². The molecule has 0 spiro atoms. The smallest absolute Gasteiger partial charge is 0.308 e. The highest BCUT2D eigenvalue weighted by atomic mass is 32.1. The molecule has 31 heavy (non-hydrogen) atoms. The van der Waals surface area contributed by atoms with E-state index >= 15 is 0 Å². The van der Waals surface area contributed by atoms with E-state index in [-0.39, 0.29) is 11.3 Å². The lowest BCUT2D eigenvalue weighted by atomic mass is 10.1. The highest BCUT2D eigenvalue weighted by molar-refractivity contribution is 7.15. The molecule has 9 heteroatoms. The van der Waals surface area contributed by atoms with Crippen molar-refractivity contribution in [3.05, 3.63) is 74.3 Å². The van der Waals surface area contributed by atoms with Gasteiger partial charge in [0, 0.05) is 13.3 Å². The van der Waals surface area contributed by atoms with Crippen LogP contribution in [0, 0.1) is 0 Å².